The zero-order valence-corrected chi connectivity index (χ0v) is 30.9. The van der Waals surface area contributed by atoms with Crippen LogP contribution in [0.5, 0.6) is 0 Å². The largest absolute Gasteiger partial charge is 0.456 e. The van der Waals surface area contributed by atoms with E-state index in [1.807, 2.05) is 0 Å². The highest BCUT2D eigenvalue weighted by molar-refractivity contribution is 6.18. The molecule has 3 atom stereocenters. The number of benzene rings is 7. The lowest BCUT2D eigenvalue weighted by molar-refractivity contribution is 0.399. The van der Waals surface area contributed by atoms with Crippen molar-refractivity contribution in [3.63, 3.8) is 0 Å². The van der Waals surface area contributed by atoms with E-state index in [1.165, 1.54) is 21.8 Å². The molecule has 7 aromatic carbocycles. The number of amidine groups is 1. The highest BCUT2D eigenvalue weighted by Gasteiger charge is 2.30. The molecule has 3 unspecified atom stereocenters. The van der Waals surface area contributed by atoms with Crippen LogP contribution in [0.2, 0.25) is 0 Å². The summed E-state index contributed by atoms with van der Waals surface area (Å²) >= 11 is 0. The summed E-state index contributed by atoms with van der Waals surface area (Å²) in [6.07, 6.45) is 9.14. The number of furan rings is 2. The quantitative estimate of drug-likeness (QED) is 0.185. The zero-order chi connectivity index (χ0) is 37.5. The summed E-state index contributed by atoms with van der Waals surface area (Å²) in [7, 11) is 0. The Morgan fingerprint density at radius 3 is 2.11 bits per heavy atom. The Hall–Kier alpha value is -7.15. The van der Waals surface area contributed by atoms with E-state index in [2.05, 4.69) is 191 Å². The lowest BCUT2D eigenvalue weighted by Gasteiger charge is -2.34. The second kappa shape index (κ2) is 12.7. The predicted molar refractivity (Wildman–Crippen MR) is 233 cm³/mol. The van der Waals surface area contributed by atoms with Crippen LogP contribution in [-0.4, -0.2) is 10.4 Å². The standard InChI is InChI=1S/C51H36N4O2/c1-3-14-31(15-4-1)49-52-50(32-16-5-2-6-17-32)54-51(53-49)41-24-12-23-39-38-22-11-21-37(47(38)57-48(39)41)36-20-13-27-44-46(36)40-29-28-33(30-45(40)56-44)55-42-25-9-7-18-34(42)35-19-8-10-26-43(35)55/h1-16,18-30,32,49,51,53H,17H2,(H,52,54). The van der Waals surface area contributed by atoms with Crippen LogP contribution in [0.1, 0.15) is 29.9 Å². The molecular weight excluding hydrogens is 701 g/mol. The minimum Gasteiger partial charge on any atom is -0.456 e. The Kier molecular flexibility index (Phi) is 7.16. The SMILES string of the molecule is C1=CCC(C2=NC(c3cccc4c3oc3c(-c5cccc6oc7cc(-n8c9ccccc9c9ccccc98)ccc7c56)cccc34)NC(c3ccccc3)N2)C=C1. The average Bonchev–Trinajstić information content (AvgIpc) is 3.96. The molecule has 3 aromatic heterocycles. The van der Waals surface area contributed by atoms with Crippen molar-refractivity contribution in [1.29, 1.82) is 0 Å². The third-order valence-electron chi connectivity index (χ3n) is 11.8. The Morgan fingerprint density at radius 1 is 0.579 bits per heavy atom. The van der Waals surface area contributed by atoms with Gasteiger partial charge in [0, 0.05) is 61.1 Å². The fraction of sp³-hybridized carbons (Fsp3) is 0.0784. The van der Waals surface area contributed by atoms with Gasteiger partial charge in [-0.05, 0) is 47.9 Å². The van der Waals surface area contributed by atoms with Crippen LogP contribution in [0.15, 0.2) is 190 Å². The monoisotopic (exact) mass is 736 g/mol. The fourth-order valence-electron chi connectivity index (χ4n) is 9.18. The number of allylic oxidation sites excluding steroid dienone is 3. The van der Waals surface area contributed by atoms with Crippen molar-refractivity contribution < 1.29 is 8.83 Å². The highest BCUT2D eigenvalue weighted by Crippen LogP contribution is 2.44. The third kappa shape index (κ3) is 5.04. The molecule has 0 saturated heterocycles. The number of fused-ring (bicyclic) bond motifs is 9. The minimum atomic E-state index is -0.316. The van der Waals surface area contributed by atoms with E-state index in [0.717, 1.165) is 84.1 Å². The third-order valence-corrected chi connectivity index (χ3v) is 11.8. The average molecular weight is 737 g/mol. The highest BCUT2D eigenvalue weighted by atomic mass is 16.3. The van der Waals surface area contributed by atoms with Crippen molar-refractivity contribution in [3.05, 3.63) is 187 Å². The van der Waals surface area contributed by atoms with Crippen molar-refractivity contribution in [2.75, 3.05) is 0 Å². The van der Waals surface area contributed by atoms with Crippen LogP contribution in [0.25, 0.3) is 82.5 Å². The first kappa shape index (κ1) is 32.1. The Balaban J connectivity index is 1.00. The molecule has 2 N–H and O–H groups in total. The van der Waals surface area contributed by atoms with Crippen LogP contribution < -0.4 is 10.6 Å². The van der Waals surface area contributed by atoms with Crippen molar-refractivity contribution in [2.45, 2.75) is 18.8 Å². The topological polar surface area (TPSA) is 67.6 Å². The van der Waals surface area contributed by atoms with E-state index in [0.29, 0.717) is 0 Å². The number of nitrogens with one attached hydrogen (secondary N) is 2. The van der Waals surface area contributed by atoms with Crippen LogP contribution >= 0.6 is 0 Å². The van der Waals surface area contributed by atoms with E-state index in [9.17, 15) is 0 Å². The number of rotatable bonds is 5. The van der Waals surface area contributed by atoms with Gasteiger partial charge in [-0.3, -0.25) is 5.32 Å². The fourth-order valence-corrected chi connectivity index (χ4v) is 9.18. The van der Waals surface area contributed by atoms with Crippen molar-refractivity contribution in [3.8, 4) is 16.8 Å². The molecule has 0 radical (unpaired) electrons. The molecular formula is C51H36N4O2. The Bertz CT molecular complexity index is 3250. The van der Waals surface area contributed by atoms with Crippen LogP contribution in [0.3, 0.4) is 0 Å². The number of aliphatic imine (C=N–C) groups is 1. The van der Waals surface area contributed by atoms with E-state index in [1.54, 1.807) is 0 Å². The number of para-hydroxylation sites is 4. The molecule has 6 heteroatoms. The molecule has 10 aromatic rings. The molecule has 1 aliphatic heterocycles. The summed E-state index contributed by atoms with van der Waals surface area (Å²) in [4.78, 5) is 5.31. The number of aromatic nitrogens is 1. The van der Waals surface area contributed by atoms with Gasteiger partial charge in [0.05, 0.1) is 11.0 Å². The molecule has 272 valence electrons. The number of hydrogen-bond acceptors (Lipinski definition) is 5. The summed E-state index contributed by atoms with van der Waals surface area (Å²) < 4.78 is 16.0. The minimum absolute atomic E-state index is 0.111. The summed E-state index contributed by atoms with van der Waals surface area (Å²) in [5.41, 5.74) is 11.1. The second-order valence-electron chi connectivity index (χ2n) is 15.1. The number of nitrogens with zero attached hydrogens (tertiary/aromatic N) is 2. The second-order valence-corrected chi connectivity index (χ2v) is 15.1. The lowest BCUT2D eigenvalue weighted by Crippen LogP contribution is -2.47. The smallest absolute Gasteiger partial charge is 0.143 e. The van der Waals surface area contributed by atoms with Crippen molar-refractivity contribution in [2.24, 2.45) is 10.9 Å². The molecule has 12 rings (SSSR count). The first-order chi connectivity index (χ1) is 28.3. The normalized spacial score (nSPS) is 18.3. The zero-order valence-electron chi connectivity index (χ0n) is 30.9. The molecule has 2 aliphatic rings. The van der Waals surface area contributed by atoms with Gasteiger partial charge in [-0.25, -0.2) is 4.99 Å². The van der Waals surface area contributed by atoms with Crippen LogP contribution in [-0.2, 0) is 0 Å². The van der Waals surface area contributed by atoms with Gasteiger partial charge in [0.2, 0.25) is 0 Å². The summed E-state index contributed by atoms with van der Waals surface area (Å²) in [6, 6.07) is 53.5. The first-order valence-electron chi connectivity index (χ1n) is 19.6. The van der Waals surface area contributed by atoms with Gasteiger partial charge >= 0.3 is 0 Å². The summed E-state index contributed by atoms with van der Waals surface area (Å²) in [5.74, 6) is 1.15. The molecule has 0 amide bonds. The molecule has 1 aliphatic carbocycles. The number of hydrogen-bond donors (Lipinski definition) is 2. The first-order valence-corrected chi connectivity index (χ1v) is 19.6. The van der Waals surface area contributed by atoms with Crippen LogP contribution in [0.4, 0.5) is 0 Å². The molecule has 0 bridgehead atoms. The maximum Gasteiger partial charge on any atom is 0.143 e. The Labute approximate surface area is 328 Å². The summed E-state index contributed by atoms with van der Waals surface area (Å²) in [6.45, 7) is 0. The van der Waals surface area contributed by atoms with E-state index < -0.39 is 0 Å². The van der Waals surface area contributed by atoms with Gasteiger partial charge in [0.1, 0.15) is 40.5 Å². The predicted octanol–water partition coefficient (Wildman–Crippen LogP) is 12.7. The Morgan fingerprint density at radius 2 is 1.30 bits per heavy atom. The molecule has 6 nitrogen and oxygen atoms in total. The van der Waals surface area contributed by atoms with Gasteiger partial charge < -0.3 is 18.7 Å². The molecule has 0 saturated carbocycles. The summed E-state index contributed by atoms with van der Waals surface area (Å²) in [5, 5.41) is 14.3. The lowest BCUT2D eigenvalue weighted by atomic mass is 9.96. The van der Waals surface area contributed by atoms with Crippen molar-refractivity contribution in [1.82, 2.24) is 15.2 Å². The van der Waals surface area contributed by atoms with Gasteiger partial charge in [0.25, 0.3) is 0 Å². The van der Waals surface area contributed by atoms with Crippen LogP contribution in [0, 0.1) is 5.92 Å². The molecule has 0 fully saturated rings. The van der Waals surface area contributed by atoms with Gasteiger partial charge in [0.15, 0.2) is 0 Å². The van der Waals surface area contributed by atoms with Gasteiger partial charge in [-0.2, -0.15) is 0 Å². The van der Waals surface area contributed by atoms with E-state index in [-0.39, 0.29) is 18.2 Å². The maximum atomic E-state index is 7.04. The maximum absolute atomic E-state index is 7.04. The molecule has 57 heavy (non-hydrogen) atoms. The molecule has 4 heterocycles. The van der Waals surface area contributed by atoms with Gasteiger partial charge in [-0.15, -0.1) is 0 Å². The van der Waals surface area contributed by atoms with E-state index in [4.69, 9.17) is 13.8 Å². The van der Waals surface area contributed by atoms with E-state index >= 15 is 0 Å². The molecule has 0 spiro atoms. The van der Waals surface area contributed by atoms with Gasteiger partial charge in [-0.1, -0.05) is 140 Å². The van der Waals surface area contributed by atoms with Crippen molar-refractivity contribution >= 4 is 71.5 Å².